The minimum atomic E-state index is -0.503. The Bertz CT molecular complexity index is 865. The van der Waals surface area contributed by atoms with Crippen molar-refractivity contribution >= 4 is 12.2 Å². The summed E-state index contributed by atoms with van der Waals surface area (Å²) in [5.74, 6) is -0.386. The number of likely N-dealkylation sites (N-methyl/N-ethyl adjacent to an activating group) is 1. The molecule has 4 unspecified atom stereocenters. The third kappa shape index (κ3) is 9.13. The van der Waals surface area contributed by atoms with E-state index in [0.717, 1.165) is 77.3 Å². The first-order chi connectivity index (χ1) is 17.4. The lowest BCUT2D eigenvalue weighted by atomic mass is 9.80. The lowest BCUT2D eigenvalue weighted by molar-refractivity contribution is -0.140. The number of hydrogen-bond donors (Lipinski definition) is 0. The number of benzene rings is 1. The van der Waals surface area contributed by atoms with Crippen LogP contribution in [0.2, 0.25) is 0 Å². The molecule has 1 aromatic rings. The molecule has 0 N–H and O–H groups in total. The van der Waals surface area contributed by atoms with Gasteiger partial charge in [0.1, 0.15) is 17.9 Å². The van der Waals surface area contributed by atoms with Crippen molar-refractivity contribution < 1.29 is 18.4 Å². The number of likely N-dealkylation sites (tertiary alicyclic amines) is 1. The predicted octanol–water partition coefficient (Wildman–Crippen LogP) is 5.59. The highest BCUT2D eigenvalue weighted by Crippen LogP contribution is 2.33. The van der Waals surface area contributed by atoms with Gasteiger partial charge in [0.25, 0.3) is 0 Å². The van der Waals surface area contributed by atoms with E-state index < -0.39 is 11.6 Å². The van der Waals surface area contributed by atoms with E-state index in [9.17, 15) is 18.4 Å². The summed E-state index contributed by atoms with van der Waals surface area (Å²) in [6.45, 7) is 18.0. The van der Waals surface area contributed by atoms with E-state index in [1.807, 2.05) is 18.7 Å². The lowest BCUT2D eigenvalue weighted by Gasteiger charge is -2.36. The number of unbranched alkanes of at least 4 members (excludes halogenated alkanes) is 1. The van der Waals surface area contributed by atoms with E-state index in [4.69, 9.17) is 0 Å². The van der Waals surface area contributed by atoms with Crippen LogP contribution < -0.4 is 0 Å². The Balaban J connectivity index is 0.000000263. The van der Waals surface area contributed by atoms with Crippen molar-refractivity contribution in [2.75, 3.05) is 46.3 Å². The second-order valence-corrected chi connectivity index (χ2v) is 12.0. The van der Waals surface area contributed by atoms with Gasteiger partial charge in [0.2, 0.25) is 5.91 Å². The summed E-state index contributed by atoms with van der Waals surface area (Å²) < 4.78 is 26.5. The van der Waals surface area contributed by atoms with Crippen LogP contribution in [0.5, 0.6) is 0 Å². The largest absolute Gasteiger partial charge is 0.340 e. The topological polar surface area (TPSA) is 43.9 Å². The summed E-state index contributed by atoms with van der Waals surface area (Å²) >= 11 is 0. The highest BCUT2D eigenvalue weighted by Gasteiger charge is 2.33. The zero-order valence-corrected chi connectivity index (χ0v) is 24.1. The first kappa shape index (κ1) is 31.4. The fraction of sp³-hybridized carbons (Fsp3) is 0.733. The highest BCUT2D eigenvalue weighted by molar-refractivity contribution is 5.79. The van der Waals surface area contributed by atoms with Crippen LogP contribution >= 0.6 is 0 Å². The van der Waals surface area contributed by atoms with E-state index in [0.29, 0.717) is 5.56 Å². The minimum absolute atomic E-state index is 0.00134. The van der Waals surface area contributed by atoms with Gasteiger partial charge in [0, 0.05) is 62.1 Å². The van der Waals surface area contributed by atoms with E-state index in [-0.39, 0.29) is 35.1 Å². The second kappa shape index (κ2) is 14.3. The SMILES string of the molecule is CC(C)(C)N1CCC(c2ccc(F)cc2F)C1.CCCCC(C(=O)N1CCN(C)CC1)C(C)C(C)C=O. The average molecular weight is 522 g/mol. The third-order valence-corrected chi connectivity index (χ3v) is 8.22. The zero-order valence-electron chi connectivity index (χ0n) is 24.1. The smallest absolute Gasteiger partial charge is 0.226 e. The number of carbonyl (C=O) groups is 2. The molecular weight excluding hydrogens is 472 g/mol. The molecule has 0 bridgehead atoms. The molecule has 2 aliphatic heterocycles. The van der Waals surface area contributed by atoms with Gasteiger partial charge < -0.3 is 14.6 Å². The molecule has 37 heavy (non-hydrogen) atoms. The normalized spacial score (nSPS) is 21.6. The van der Waals surface area contributed by atoms with Crippen molar-refractivity contribution in [3.8, 4) is 0 Å². The third-order valence-electron chi connectivity index (χ3n) is 8.22. The summed E-state index contributed by atoms with van der Waals surface area (Å²) in [5.41, 5.74) is 0.767. The first-order valence-corrected chi connectivity index (χ1v) is 14.0. The Kier molecular flexibility index (Phi) is 12.2. The average Bonchev–Trinajstić information content (AvgIpc) is 3.35. The predicted molar refractivity (Wildman–Crippen MR) is 147 cm³/mol. The summed E-state index contributed by atoms with van der Waals surface area (Å²) in [6, 6.07) is 3.91. The Morgan fingerprint density at radius 2 is 1.76 bits per heavy atom. The molecule has 2 aliphatic rings. The summed E-state index contributed by atoms with van der Waals surface area (Å²) in [4.78, 5) is 30.4. The summed E-state index contributed by atoms with van der Waals surface area (Å²) in [7, 11) is 2.09. The van der Waals surface area contributed by atoms with Crippen molar-refractivity contribution in [3.05, 3.63) is 35.4 Å². The molecule has 1 amide bonds. The van der Waals surface area contributed by atoms with Crippen LogP contribution in [-0.2, 0) is 9.59 Å². The van der Waals surface area contributed by atoms with Gasteiger partial charge in [0.05, 0.1) is 0 Å². The fourth-order valence-electron chi connectivity index (χ4n) is 5.24. The Morgan fingerprint density at radius 3 is 2.27 bits per heavy atom. The van der Waals surface area contributed by atoms with Crippen molar-refractivity contribution in [1.82, 2.24) is 14.7 Å². The van der Waals surface area contributed by atoms with E-state index in [1.165, 1.54) is 6.07 Å². The second-order valence-electron chi connectivity index (χ2n) is 12.0. The number of hydrogen-bond acceptors (Lipinski definition) is 4. The Morgan fingerprint density at radius 1 is 1.11 bits per heavy atom. The van der Waals surface area contributed by atoms with Gasteiger partial charge in [-0.2, -0.15) is 0 Å². The molecule has 0 spiro atoms. The standard InChI is InChI=1S/C16H30N2O2.C14H19F2N/c1-5-6-7-15(14(3)13(2)12-19)16(20)18-10-8-17(4)9-11-18;1-14(2,3)17-7-6-10(9-17)12-5-4-11(15)8-13(12)16/h12-15H,5-11H2,1-4H3;4-5,8,10H,6-7,9H2,1-3H3. The molecule has 0 saturated carbocycles. The number of carbonyl (C=O) groups excluding carboxylic acids is 2. The molecule has 0 radical (unpaired) electrons. The van der Waals surface area contributed by atoms with Gasteiger partial charge in [-0.05, 0) is 64.8 Å². The molecule has 2 heterocycles. The van der Waals surface area contributed by atoms with Crippen molar-refractivity contribution in [1.29, 1.82) is 0 Å². The van der Waals surface area contributed by atoms with Gasteiger partial charge in [-0.1, -0.05) is 39.7 Å². The van der Waals surface area contributed by atoms with Gasteiger partial charge in [-0.25, -0.2) is 8.78 Å². The van der Waals surface area contributed by atoms with E-state index in [1.54, 1.807) is 6.07 Å². The zero-order chi connectivity index (χ0) is 27.8. The van der Waals surface area contributed by atoms with Gasteiger partial charge in [-0.3, -0.25) is 9.69 Å². The van der Waals surface area contributed by atoms with Crippen LogP contribution in [0, 0.1) is 29.4 Å². The molecule has 210 valence electrons. The molecule has 0 aromatic heterocycles. The maximum Gasteiger partial charge on any atom is 0.226 e. The lowest BCUT2D eigenvalue weighted by Crippen LogP contribution is -2.50. The van der Waals surface area contributed by atoms with Gasteiger partial charge >= 0.3 is 0 Å². The molecule has 0 aliphatic carbocycles. The molecule has 1 aromatic carbocycles. The van der Waals surface area contributed by atoms with Crippen LogP contribution in [-0.4, -0.2) is 78.7 Å². The maximum atomic E-state index is 13.7. The van der Waals surface area contributed by atoms with Crippen LogP contribution in [0.1, 0.15) is 78.7 Å². The number of nitrogens with zero attached hydrogens (tertiary/aromatic N) is 3. The molecule has 2 saturated heterocycles. The monoisotopic (exact) mass is 521 g/mol. The van der Waals surface area contributed by atoms with Crippen LogP contribution in [0.15, 0.2) is 18.2 Å². The molecule has 4 atom stereocenters. The van der Waals surface area contributed by atoms with Gasteiger partial charge in [0.15, 0.2) is 0 Å². The quantitative estimate of drug-likeness (QED) is 0.418. The fourth-order valence-corrected chi connectivity index (χ4v) is 5.24. The van der Waals surface area contributed by atoms with Crippen molar-refractivity contribution in [2.45, 2.75) is 78.7 Å². The maximum absolute atomic E-state index is 13.7. The molecule has 5 nitrogen and oxygen atoms in total. The number of halogens is 2. The summed E-state index contributed by atoms with van der Waals surface area (Å²) in [6.07, 6.45) is 4.98. The molecular formula is C30H49F2N3O2. The van der Waals surface area contributed by atoms with E-state index in [2.05, 4.69) is 44.5 Å². The van der Waals surface area contributed by atoms with Crippen LogP contribution in [0.25, 0.3) is 0 Å². The number of aldehydes is 1. The molecule has 3 rings (SSSR count). The number of rotatable bonds is 8. The van der Waals surface area contributed by atoms with Crippen molar-refractivity contribution in [3.63, 3.8) is 0 Å². The number of piperazine rings is 1. The summed E-state index contributed by atoms with van der Waals surface area (Å²) in [5, 5.41) is 0. The van der Waals surface area contributed by atoms with E-state index >= 15 is 0 Å². The number of amides is 1. The molecule has 7 heteroatoms. The van der Waals surface area contributed by atoms with Gasteiger partial charge in [-0.15, -0.1) is 0 Å². The van der Waals surface area contributed by atoms with Crippen LogP contribution in [0.4, 0.5) is 8.78 Å². The van der Waals surface area contributed by atoms with Crippen LogP contribution in [0.3, 0.4) is 0 Å². The Labute approximate surface area is 223 Å². The first-order valence-electron chi connectivity index (χ1n) is 14.0. The highest BCUT2D eigenvalue weighted by atomic mass is 19.1. The minimum Gasteiger partial charge on any atom is -0.340 e. The Hall–Kier alpha value is -1.86. The molecule has 2 fully saturated rings. The van der Waals surface area contributed by atoms with Crippen molar-refractivity contribution in [2.24, 2.45) is 17.8 Å².